The summed E-state index contributed by atoms with van der Waals surface area (Å²) in [5.41, 5.74) is 1.38. The lowest BCUT2D eigenvalue weighted by Crippen LogP contribution is -2.45. The topological polar surface area (TPSA) is 62.3 Å². The number of benzene rings is 1. The Bertz CT molecular complexity index is 775. The monoisotopic (exact) mass is 391 g/mol. The molecule has 2 amide bonds. The van der Waals surface area contributed by atoms with Gasteiger partial charge in [-0.05, 0) is 31.4 Å². The third-order valence-corrected chi connectivity index (χ3v) is 5.59. The number of carbonyl (C=O) groups excluding carboxylic acids is 2. The van der Waals surface area contributed by atoms with Crippen molar-refractivity contribution in [1.29, 1.82) is 0 Å². The molecular formula is C19H22ClN3O2S. The number of piperidine rings is 1. The van der Waals surface area contributed by atoms with Crippen LogP contribution in [-0.4, -0.2) is 41.3 Å². The molecular weight excluding hydrogens is 370 g/mol. The molecule has 1 aromatic carbocycles. The second-order valence-electron chi connectivity index (χ2n) is 6.43. The lowest BCUT2D eigenvalue weighted by Gasteiger charge is -2.31. The molecule has 0 spiro atoms. The number of nitrogens with one attached hydrogen (secondary N) is 1. The second-order valence-corrected chi connectivity index (χ2v) is 7.72. The first-order chi connectivity index (χ1) is 12.6. The third-order valence-electron chi connectivity index (χ3n) is 4.44. The van der Waals surface area contributed by atoms with Gasteiger partial charge in [0, 0.05) is 35.6 Å². The van der Waals surface area contributed by atoms with E-state index in [2.05, 4.69) is 10.3 Å². The largest absolute Gasteiger partial charge is 0.356 e. The number of thiazole rings is 1. The Balaban J connectivity index is 1.67. The molecule has 1 N–H and O–H groups in total. The number of rotatable bonds is 5. The predicted molar refractivity (Wildman–Crippen MR) is 104 cm³/mol. The van der Waals surface area contributed by atoms with Crippen molar-refractivity contribution in [2.75, 3.05) is 19.6 Å². The smallest absolute Gasteiger partial charge is 0.273 e. The Morgan fingerprint density at radius 1 is 1.35 bits per heavy atom. The number of likely N-dealkylation sites (tertiary alicyclic amines) is 1. The summed E-state index contributed by atoms with van der Waals surface area (Å²) >= 11 is 7.35. The highest BCUT2D eigenvalue weighted by atomic mass is 35.5. The summed E-state index contributed by atoms with van der Waals surface area (Å²) in [5, 5.41) is 6.17. The number of hydrogen-bond donors (Lipinski definition) is 1. The molecule has 1 saturated heterocycles. The molecule has 26 heavy (non-hydrogen) atoms. The van der Waals surface area contributed by atoms with Crippen LogP contribution < -0.4 is 5.32 Å². The van der Waals surface area contributed by atoms with Crippen LogP contribution in [-0.2, 0) is 4.79 Å². The van der Waals surface area contributed by atoms with Gasteiger partial charge in [-0.25, -0.2) is 4.98 Å². The van der Waals surface area contributed by atoms with E-state index in [1.807, 2.05) is 31.2 Å². The number of nitrogens with zero attached hydrogens (tertiary/aromatic N) is 2. The number of carbonyl (C=O) groups is 2. The number of aromatic nitrogens is 1. The Morgan fingerprint density at radius 2 is 2.12 bits per heavy atom. The summed E-state index contributed by atoms with van der Waals surface area (Å²) in [7, 11) is 0. The van der Waals surface area contributed by atoms with Crippen LogP contribution in [0.15, 0.2) is 29.6 Å². The standard InChI is InChI=1S/C19H22ClN3O2S/c1-2-9-21-17(24)14-4-3-10-23(11-14)19(25)16-12-26-18(22-16)13-5-7-15(20)8-6-13/h5-8,12,14H,2-4,9-11H2,1H3,(H,21,24). The number of amides is 2. The van der Waals surface area contributed by atoms with Crippen LogP contribution in [0.25, 0.3) is 10.6 Å². The van der Waals surface area contributed by atoms with Gasteiger partial charge in [-0.15, -0.1) is 11.3 Å². The van der Waals surface area contributed by atoms with E-state index in [1.165, 1.54) is 11.3 Å². The van der Waals surface area contributed by atoms with Gasteiger partial charge in [0.15, 0.2) is 0 Å². The normalized spacial score (nSPS) is 17.2. The summed E-state index contributed by atoms with van der Waals surface area (Å²) in [6, 6.07) is 7.41. The zero-order valence-corrected chi connectivity index (χ0v) is 16.3. The van der Waals surface area contributed by atoms with Gasteiger partial charge >= 0.3 is 0 Å². The minimum atomic E-state index is -0.131. The molecule has 7 heteroatoms. The summed E-state index contributed by atoms with van der Waals surface area (Å²) < 4.78 is 0. The average Bonchev–Trinajstić information content (AvgIpc) is 3.16. The quantitative estimate of drug-likeness (QED) is 0.842. The molecule has 0 bridgehead atoms. The molecule has 1 aliphatic heterocycles. The first-order valence-corrected chi connectivity index (χ1v) is 10.1. The lowest BCUT2D eigenvalue weighted by atomic mass is 9.97. The molecule has 3 rings (SSSR count). The summed E-state index contributed by atoms with van der Waals surface area (Å²) in [6.45, 7) is 3.84. The molecule has 1 aliphatic rings. The highest BCUT2D eigenvalue weighted by molar-refractivity contribution is 7.13. The van der Waals surface area contributed by atoms with Crippen molar-refractivity contribution < 1.29 is 9.59 Å². The van der Waals surface area contributed by atoms with Crippen LogP contribution >= 0.6 is 22.9 Å². The molecule has 2 aromatic rings. The van der Waals surface area contributed by atoms with E-state index in [-0.39, 0.29) is 17.7 Å². The molecule has 0 saturated carbocycles. The van der Waals surface area contributed by atoms with Gasteiger partial charge < -0.3 is 10.2 Å². The number of hydrogen-bond acceptors (Lipinski definition) is 4. The maximum atomic E-state index is 12.8. The van der Waals surface area contributed by atoms with E-state index in [9.17, 15) is 9.59 Å². The van der Waals surface area contributed by atoms with Gasteiger partial charge in [0.1, 0.15) is 10.7 Å². The minimum absolute atomic E-state index is 0.0458. The molecule has 2 heterocycles. The van der Waals surface area contributed by atoms with Gasteiger partial charge in [-0.3, -0.25) is 9.59 Å². The minimum Gasteiger partial charge on any atom is -0.356 e. The molecule has 1 atom stereocenters. The van der Waals surface area contributed by atoms with Crippen LogP contribution in [0.2, 0.25) is 5.02 Å². The van der Waals surface area contributed by atoms with E-state index in [0.717, 1.165) is 29.8 Å². The molecule has 1 aromatic heterocycles. The highest BCUT2D eigenvalue weighted by Gasteiger charge is 2.29. The molecule has 1 fully saturated rings. The average molecular weight is 392 g/mol. The van der Waals surface area contributed by atoms with E-state index < -0.39 is 0 Å². The highest BCUT2D eigenvalue weighted by Crippen LogP contribution is 2.26. The van der Waals surface area contributed by atoms with Crippen LogP contribution in [0.1, 0.15) is 36.7 Å². The molecule has 0 radical (unpaired) electrons. The summed E-state index contributed by atoms with van der Waals surface area (Å²) in [6.07, 6.45) is 2.57. The zero-order valence-electron chi connectivity index (χ0n) is 14.7. The first kappa shape index (κ1) is 18.9. The second kappa shape index (κ2) is 8.64. The lowest BCUT2D eigenvalue weighted by molar-refractivity contribution is -0.126. The molecule has 1 unspecified atom stereocenters. The SMILES string of the molecule is CCCNC(=O)C1CCCN(C(=O)c2csc(-c3ccc(Cl)cc3)n2)C1. The van der Waals surface area contributed by atoms with Gasteiger partial charge in [-0.2, -0.15) is 0 Å². The Kier molecular flexibility index (Phi) is 6.27. The van der Waals surface area contributed by atoms with Gasteiger partial charge in [0.2, 0.25) is 5.91 Å². The molecule has 0 aliphatic carbocycles. The Hall–Kier alpha value is -1.92. The fraction of sp³-hybridized carbons (Fsp3) is 0.421. The van der Waals surface area contributed by atoms with Crippen LogP contribution in [0.3, 0.4) is 0 Å². The van der Waals surface area contributed by atoms with Gasteiger partial charge in [0.25, 0.3) is 5.91 Å². The van der Waals surface area contributed by atoms with Crippen molar-refractivity contribution in [1.82, 2.24) is 15.2 Å². The maximum absolute atomic E-state index is 12.8. The van der Waals surface area contributed by atoms with E-state index >= 15 is 0 Å². The third kappa shape index (κ3) is 4.43. The fourth-order valence-electron chi connectivity index (χ4n) is 3.03. The van der Waals surface area contributed by atoms with Crippen molar-refractivity contribution in [3.8, 4) is 10.6 Å². The van der Waals surface area contributed by atoms with Crippen LogP contribution in [0.5, 0.6) is 0 Å². The van der Waals surface area contributed by atoms with E-state index in [4.69, 9.17) is 11.6 Å². The zero-order chi connectivity index (χ0) is 18.5. The van der Waals surface area contributed by atoms with Crippen molar-refractivity contribution >= 4 is 34.8 Å². The van der Waals surface area contributed by atoms with Gasteiger partial charge in [-0.1, -0.05) is 30.7 Å². The van der Waals surface area contributed by atoms with Crippen LogP contribution in [0.4, 0.5) is 0 Å². The van der Waals surface area contributed by atoms with Crippen molar-refractivity contribution in [3.63, 3.8) is 0 Å². The Morgan fingerprint density at radius 3 is 2.85 bits per heavy atom. The summed E-state index contributed by atoms with van der Waals surface area (Å²) in [5.74, 6) is -0.187. The van der Waals surface area contributed by atoms with E-state index in [0.29, 0.717) is 30.4 Å². The van der Waals surface area contributed by atoms with Crippen molar-refractivity contribution in [2.45, 2.75) is 26.2 Å². The maximum Gasteiger partial charge on any atom is 0.273 e. The Labute approximate surface area is 162 Å². The molecule has 5 nitrogen and oxygen atoms in total. The van der Waals surface area contributed by atoms with Crippen molar-refractivity contribution in [3.05, 3.63) is 40.4 Å². The van der Waals surface area contributed by atoms with Gasteiger partial charge in [0.05, 0.1) is 5.92 Å². The predicted octanol–water partition coefficient (Wildman–Crippen LogP) is 3.84. The van der Waals surface area contributed by atoms with E-state index in [1.54, 1.807) is 10.3 Å². The van der Waals surface area contributed by atoms with Crippen LogP contribution in [0, 0.1) is 5.92 Å². The fourth-order valence-corrected chi connectivity index (χ4v) is 3.95. The number of halogens is 1. The first-order valence-electron chi connectivity index (χ1n) is 8.87. The molecule has 138 valence electrons. The summed E-state index contributed by atoms with van der Waals surface area (Å²) in [4.78, 5) is 31.2. The van der Waals surface area contributed by atoms with Crippen molar-refractivity contribution in [2.24, 2.45) is 5.92 Å².